The van der Waals surface area contributed by atoms with Gasteiger partial charge in [-0.25, -0.2) is 0 Å². The van der Waals surface area contributed by atoms with Crippen LogP contribution in [-0.4, -0.2) is 63.9 Å². The van der Waals surface area contributed by atoms with E-state index >= 15 is 0 Å². The standard InChI is InChI=1S/C11H22N2O3/c1-13(2)10(14)4-6-12-8-11(15-3)5-7-16-9-11/h12H,4-9H2,1-3H3. The Morgan fingerprint density at radius 2 is 2.31 bits per heavy atom. The summed E-state index contributed by atoms with van der Waals surface area (Å²) in [6.07, 6.45) is 1.44. The highest BCUT2D eigenvalue weighted by atomic mass is 16.5. The summed E-state index contributed by atoms with van der Waals surface area (Å²) in [6, 6.07) is 0. The van der Waals surface area contributed by atoms with Crippen molar-refractivity contribution in [1.29, 1.82) is 0 Å². The molecule has 1 aliphatic rings. The number of rotatable bonds is 6. The molecule has 0 aromatic carbocycles. The van der Waals surface area contributed by atoms with Crippen LogP contribution in [0.5, 0.6) is 0 Å². The van der Waals surface area contributed by atoms with E-state index in [9.17, 15) is 4.79 Å². The number of hydrogen-bond acceptors (Lipinski definition) is 4. The lowest BCUT2D eigenvalue weighted by Gasteiger charge is -2.26. The third-order valence-electron chi connectivity index (χ3n) is 2.96. The lowest BCUT2D eigenvalue weighted by atomic mass is 10.0. The van der Waals surface area contributed by atoms with Crippen molar-refractivity contribution in [3.05, 3.63) is 0 Å². The third kappa shape index (κ3) is 3.73. The van der Waals surface area contributed by atoms with E-state index in [2.05, 4.69) is 5.32 Å². The zero-order valence-electron chi connectivity index (χ0n) is 10.4. The molecule has 5 nitrogen and oxygen atoms in total. The molecule has 1 rings (SSSR count). The fourth-order valence-electron chi connectivity index (χ4n) is 1.70. The van der Waals surface area contributed by atoms with E-state index in [4.69, 9.17) is 9.47 Å². The van der Waals surface area contributed by atoms with Crippen LogP contribution in [0.25, 0.3) is 0 Å². The van der Waals surface area contributed by atoms with E-state index in [1.165, 1.54) is 0 Å². The normalized spacial score (nSPS) is 24.7. The molecular weight excluding hydrogens is 208 g/mol. The smallest absolute Gasteiger partial charge is 0.223 e. The van der Waals surface area contributed by atoms with Crippen molar-refractivity contribution >= 4 is 5.91 Å². The minimum atomic E-state index is -0.193. The topological polar surface area (TPSA) is 50.8 Å². The molecule has 0 saturated carbocycles. The van der Waals surface area contributed by atoms with Crippen LogP contribution in [0.1, 0.15) is 12.8 Å². The minimum Gasteiger partial charge on any atom is -0.378 e. The second-order valence-corrected chi connectivity index (χ2v) is 4.40. The Balaban J connectivity index is 2.17. The molecule has 0 radical (unpaired) electrons. The Morgan fingerprint density at radius 1 is 1.56 bits per heavy atom. The van der Waals surface area contributed by atoms with Crippen molar-refractivity contribution in [2.45, 2.75) is 18.4 Å². The zero-order valence-corrected chi connectivity index (χ0v) is 10.4. The van der Waals surface area contributed by atoms with Crippen molar-refractivity contribution in [3.63, 3.8) is 0 Å². The molecule has 1 unspecified atom stereocenters. The van der Waals surface area contributed by atoms with Gasteiger partial charge in [0.2, 0.25) is 5.91 Å². The Labute approximate surface area is 97.1 Å². The summed E-state index contributed by atoms with van der Waals surface area (Å²) < 4.78 is 10.8. The van der Waals surface area contributed by atoms with Crippen LogP contribution in [0, 0.1) is 0 Å². The Bertz CT molecular complexity index is 225. The van der Waals surface area contributed by atoms with Crippen LogP contribution >= 0.6 is 0 Å². The molecule has 1 N–H and O–H groups in total. The monoisotopic (exact) mass is 230 g/mol. The maximum absolute atomic E-state index is 11.3. The first-order valence-electron chi connectivity index (χ1n) is 5.63. The fraction of sp³-hybridized carbons (Fsp3) is 0.909. The van der Waals surface area contributed by atoms with Gasteiger partial charge in [-0.15, -0.1) is 0 Å². The van der Waals surface area contributed by atoms with Crippen molar-refractivity contribution in [1.82, 2.24) is 10.2 Å². The first-order valence-corrected chi connectivity index (χ1v) is 5.63. The number of ether oxygens (including phenoxy) is 2. The highest BCUT2D eigenvalue weighted by molar-refractivity contribution is 5.75. The molecule has 16 heavy (non-hydrogen) atoms. The highest BCUT2D eigenvalue weighted by Gasteiger charge is 2.34. The van der Waals surface area contributed by atoms with Crippen LogP contribution in [0.3, 0.4) is 0 Å². The summed E-state index contributed by atoms with van der Waals surface area (Å²) in [4.78, 5) is 12.9. The maximum Gasteiger partial charge on any atom is 0.223 e. The van der Waals surface area contributed by atoms with Gasteiger partial charge >= 0.3 is 0 Å². The zero-order chi connectivity index (χ0) is 12.0. The van der Waals surface area contributed by atoms with E-state index in [0.717, 1.165) is 19.6 Å². The van der Waals surface area contributed by atoms with Crippen LogP contribution in [0.15, 0.2) is 0 Å². The van der Waals surface area contributed by atoms with Gasteiger partial charge in [0.05, 0.1) is 6.61 Å². The first-order chi connectivity index (χ1) is 7.59. The molecule has 1 fully saturated rings. The van der Waals surface area contributed by atoms with Gasteiger partial charge < -0.3 is 19.7 Å². The number of amides is 1. The molecule has 1 heterocycles. The SMILES string of the molecule is COC1(CNCCC(=O)N(C)C)CCOC1. The van der Waals surface area contributed by atoms with Gasteiger partial charge in [0, 0.05) is 53.7 Å². The average Bonchev–Trinajstić information content (AvgIpc) is 2.73. The summed E-state index contributed by atoms with van der Waals surface area (Å²) >= 11 is 0. The molecule has 0 aromatic heterocycles. The van der Waals surface area contributed by atoms with Gasteiger partial charge in [-0.05, 0) is 0 Å². The fourth-order valence-corrected chi connectivity index (χ4v) is 1.70. The van der Waals surface area contributed by atoms with E-state index in [1.54, 1.807) is 26.1 Å². The number of methoxy groups -OCH3 is 1. The number of carbonyl (C=O) groups excluding carboxylic acids is 1. The molecular formula is C11H22N2O3. The molecule has 1 aliphatic heterocycles. The van der Waals surface area contributed by atoms with E-state index in [0.29, 0.717) is 19.6 Å². The minimum absolute atomic E-state index is 0.140. The second kappa shape index (κ2) is 6.18. The lowest BCUT2D eigenvalue weighted by Crippen LogP contribution is -2.43. The first kappa shape index (κ1) is 13.4. The number of carbonyl (C=O) groups is 1. The van der Waals surface area contributed by atoms with E-state index in [-0.39, 0.29) is 11.5 Å². The van der Waals surface area contributed by atoms with Crippen LogP contribution in [0.4, 0.5) is 0 Å². The Morgan fingerprint density at radius 3 is 2.81 bits per heavy atom. The molecule has 5 heteroatoms. The maximum atomic E-state index is 11.3. The molecule has 94 valence electrons. The molecule has 0 bridgehead atoms. The average molecular weight is 230 g/mol. The second-order valence-electron chi connectivity index (χ2n) is 4.40. The molecule has 1 saturated heterocycles. The number of nitrogens with zero attached hydrogens (tertiary/aromatic N) is 1. The quantitative estimate of drug-likeness (QED) is 0.645. The summed E-state index contributed by atoms with van der Waals surface area (Å²) in [5.74, 6) is 0.140. The van der Waals surface area contributed by atoms with Crippen LogP contribution in [0.2, 0.25) is 0 Å². The van der Waals surface area contributed by atoms with Gasteiger partial charge in [0.25, 0.3) is 0 Å². The predicted octanol–water partition coefficient (Wildman–Crippen LogP) is -0.140. The Kier molecular flexibility index (Phi) is 5.18. The Hall–Kier alpha value is -0.650. The van der Waals surface area contributed by atoms with Crippen molar-refractivity contribution in [3.8, 4) is 0 Å². The van der Waals surface area contributed by atoms with Gasteiger partial charge in [-0.2, -0.15) is 0 Å². The van der Waals surface area contributed by atoms with E-state index < -0.39 is 0 Å². The predicted molar refractivity (Wildman–Crippen MR) is 61.4 cm³/mol. The van der Waals surface area contributed by atoms with Crippen molar-refractivity contribution < 1.29 is 14.3 Å². The van der Waals surface area contributed by atoms with Crippen molar-refractivity contribution in [2.24, 2.45) is 0 Å². The molecule has 0 spiro atoms. The number of nitrogens with one attached hydrogen (secondary N) is 1. The van der Waals surface area contributed by atoms with Gasteiger partial charge in [0.1, 0.15) is 5.60 Å². The van der Waals surface area contributed by atoms with E-state index in [1.807, 2.05) is 0 Å². The largest absolute Gasteiger partial charge is 0.378 e. The lowest BCUT2D eigenvalue weighted by molar-refractivity contribution is -0.128. The summed E-state index contributed by atoms with van der Waals surface area (Å²) in [5, 5.41) is 3.25. The summed E-state index contributed by atoms with van der Waals surface area (Å²) in [5.41, 5.74) is -0.193. The molecule has 1 amide bonds. The number of hydrogen-bond donors (Lipinski definition) is 1. The molecule has 0 aromatic rings. The van der Waals surface area contributed by atoms with Crippen molar-refractivity contribution in [2.75, 3.05) is 47.5 Å². The molecule has 0 aliphatic carbocycles. The van der Waals surface area contributed by atoms with Crippen LogP contribution < -0.4 is 5.32 Å². The summed E-state index contributed by atoms with van der Waals surface area (Å²) in [6.45, 7) is 2.82. The highest BCUT2D eigenvalue weighted by Crippen LogP contribution is 2.21. The van der Waals surface area contributed by atoms with Gasteiger partial charge in [-0.3, -0.25) is 4.79 Å². The van der Waals surface area contributed by atoms with Crippen LogP contribution in [-0.2, 0) is 14.3 Å². The summed E-state index contributed by atoms with van der Waals surface area (Å²) in [7, 11) is 5.24. The molecule has 1 atom stereocenters. The van der Waals surface area contributed by atoms with Gasteiger partial charge in [0.15, 0.2) is 0 Å². The van der Waals surface area contributed by atoms with Gasteiger partial charge in [-0.1, -0.05) is 0 Å². The third-order valence-corrected chi connectivity index (χ3v) is 2.96.